The number of carbonyl (C=O) groups is 1. The summed E-state index contributed by atoms with van der Waals surface area (Å²) in [5.74, 6) is 0.0142. The monoisotopic (exact) mass is 203 g/mol. The molecule has 13 heavy (non-hydrogen) atoms. The van der Waals surface area contributed by atoms with Crippen molar-refractivity contribution in [2.24, 2.45) is 0 Å². The van der Waals surface area contributed by atoms with E-state index < -0.39 is 0 Å². The van der Waals surface area contributed by atoms with Gasteiger partial charge in [0.2, 0.25) is 5.91 Å². The maximum Gasteiger partial charge on any atom is 0.235 e. The quantitative estimate of drug-likeness (QED) is 0.515. The highest BCUT2D eigenvalue weighted by molar-refractivity contribution is 7.81. The normalized spacial score (nSPS) is 12.2. The van der Waals surface area contributed by atoms with Crippen molar-refractivity contribution in [2.75, 3.05) is 26.8 Å². The molecule has 0 radical (unpaired) electrons. The highest BCUT2D eigenvalue weighted by Gasteiger charge is 2.15. The minimum Gasteiger partial charge on any atom is -0.383 e. The van der Waals surface area contributed by atoms with E-state index in [2.05, 4.69) is 19.2 Å². The molecule has 1 amide bonds. The number of nitrogens with zero attached hydrogens (tertiary/aromatic N) is 1. The number of amides is 1. The van der Waals surface area contributed by atoms with Gasteiger partial charge in [-0.05, 0) is 6.92 Å². The lowest BCUT2D eigenvalue weighted by molar-refractivity contribution is -0.130. The van der Waals surface area contributed by atoms with Crippen LogP contribution in [0.15, 0.2) is 12.7 Å². The lowest BCUT2D eigenvalue weighted by atomic mass is 10.3. The van der Waals surface area contributed by atoms with Crippen molar-refractivity contribution in [2.45, 2.75) is 12.2 Å². The van der Waals surface area contributed by atoms with E-state index >= 15 is 0 Å². The van der Waals surface area contributed by atoms with Crippen LogP contribution in [0.1, 0.15) is 6.92 Å². The summed E-state index contributed by atoms with van der Waals surface area (Å²) in [4.78, 5) is 13.2. The Morgan fingerprint density at radius 2 is 2.38 bits per heavy atom. The van der Waals surface area contributed by atoms with Crippen LogP contribution < -0.4 is 0 Å². The predicted octanol–water partition coefficient (Wildman–Crippen LogP) is 0.966. The van der Waals surface area contributed by atoms with Crippen molar-refractivity contribution >= 4 is 18.5 Å². The molecule has 0 saturated carbocycles. The summed E-state index contributed by atoms with van der Waals surface area (Å²) in [6, 6.07) is 0. The van der Waals surface area contributed by atoms with E-state index in [0.717, 1.165) is 0 Å². The molecule has 0 aromatic heterocycles. The molecule has 3 nitrogen and oxygen atoms in total. The summed E-state index contributed by atoms with van der Waals surface area (Å²) in [5.41, 5.74) is 0. The number of hydrogen-bond donors (Lipinski definition) is 1. The topological polar surface area (TPSA) is 29.5 Å². The Kier molecular flexibility index (Phi) is 6.72. The molecule has 0 saturated heterocycles. The lowest BCUT2D eigenvalue weighted by Gasteiger charge is -2.22. The number of rotatable bonds is 6. The van der Waals surface area contributed by atoms with E-state index in [1.54, 1.807) is 25.0 Å². The fourth-order valence-corrected chi connectivity index (χ4v) is 1.08. The van der Waals surface area contributed by atoms with E-state index in [-0.39, 0.29) is 11.2 Å². The molecule has 0 N–H and O–H groups in total. The summed E-state index contributed by atoms with van der Waals surface area (Å²) in [6.45, 7) is 7.03. The van der Waals surface area contributed by atoms with Gasteiger partial charge in [-0.15, -0.1) is 6.58 Å². The van der Waals surface area contributed by atoms with Gasteiger partial charge in [0.1, 0.15) is 0 Å². The van der Waals surface area contributed by atoms with Crippen LogP contribution in [0.3, 0.4) is 0 Å². The molecule has 0 fully saturated rings. The van der Waals surface area contributed by atoms with Crippen LogP contribution >= 0.6 is 12.6 Å². The van der Waals surface area contributed by atoms with Crippen LogP contribution in [0.2, 0.25) is 0 Å². The van der Waals surface area contributed by atoms with Crippen molar-refractivity contribution in [3.63, 3.8) is 0 Å². The number of carbonyl (C=O) groups excluding carboxylic acids is 1. The zero-order valence-electron chi connectivity index (χ0n) is 8.19. The number of hydrogen-bond acceptors (Lipinski definition) is 3. The molecule has 4 heteroatoms. The van der Waals surface area contributed by atoms with Crippen molar-refractivity contribution in [3.05, 3.63) is 12.7 Å². The smallest absolute Gasteiger partial charge is 0.235 e. The summed E-state index contributed by atoms with van der Waals surface area (Å²) < 4.78 is 4.90. The van der Waals surface area contributed by atoms with Gasteiger partial charge in [0.05, 0.1) is 11.9 Å². The molecule has 0 aliphatic rings. The third-order valence-corrected chi connectivity index (χ3v) is 1.80. The molecule has 1 atom stereocenters. The van der Waals surface area contributed by atoms with Gasteiger partial charge in [-0.1, -0.05) is 6.08 Å². The molecule has 0 aliphatic carbocycles. The van der Waals surface area contributed by atoms with E-state index in [4.69, 9.17) is 4.74 Å². The Bertz CT molecular complexity index is 171. The highest BCUT2D eigenvalue weighted by atomic mass is 32.1. The Hall–Kier alpha value is -0.480. The standard InChI is InChI=1S/C9H17NO2S/c1-4-5-10(6-7-12-3)9(11)8(2)13/h4,8,13H,1,5-7H2,2-3H3. The van der Waals surface area contributed by atoms with Crippen molar-refractivity contribution in [1.82, 2.24) is 4.90 Å². The minimum absolute atomic E-state index is 0.0142. The molecule has 0 spiro atoms. The molecule has 0 heterocycles. The predicted molar refractivity (Wildman–Crippen MR) is 57.1 cm³/mol. The first-order valence-electron chi connectivity index (χ1n) is 4.20. The van der Waals surface area contributed by atoms with Gasteiger partial charge in [-0.25, -0.2) is 0 Å². The maximum atomic E-state index is 11.5. The second-order valence-electron chi connectivity index (χ2n) is 2.74. The summed E-state index contributed by atoms with van der Waals surface area (Å²) in [5, 5.41) is -0.267. The summed E-state index contributed by atoms with van der Waals surface area (Å²) >= 11 is 4.08. The molecule has 1 unspecified atom stereocenters. The SMILES string of the molecule is C=CCN(CCOC)C(=O)C(C)S. The van der Waals surface area contributed by atoms with E-state index in [1.165, 1.54) is 0 Å². The van der Waals surface area contributed by atoms with Crippen LogP contribution in [0.25, 0.3) is 0 Å². The van der Waals surface area contributed by atoms with E-state index in [9.17, 15) is 4.79 Å². The number of ether oxygens (including phenoxy) is 1. The van der Waals surface area contributed by atoms with Crippen molar-refractivity contribution in [3.8, 4) is 0 Å². The Morgan fingerprint density at radius 1 is 1.77 bits per heavy atom. The molecule has 0 bridgehead atoms. The second-order valence-corrected chi connectivity index (χ2v) is 3.52. The zero-order valence-corrected chi connectivity index (χ0v) is 9.09. The Balaban J connectivity index is 4.06. The lowest BCUT2D eigenvalue weighted by Crippen LogP contribution is -2.38. The van der Waals surface area contributed by atoms with E-state index in [1.807, 2.05) is 0 Å². The van der Waals surface area contributed by atoms with Crippen molar-refractivity contribution in [1.29, 1.82) is 0 Å². The Morgan fingerprint density at radius 3 is 2.77 bits per heavy atom. The van der Waals surface area contributed by atoms with Gasteiger partial charge in [0, 0.05) is 20.2 Å². The molecule has 0 rings (SSSR count). The molecule has 0 aliphatic heterocycles. The molecular formula is C9H17NO2S. The Labute approximate surface area is 85.2 Å². The summed E-state index contributed by atoms with van der Waals surface area (Å²) in [7, 11) is 1.61. The molecular weight excluding hydrogens is 186 g/mol. The van der Waals surface area contributed by atoms with Gasteiger partial charge in [-0.2, -0.15) is 12.6 Å². The first-order chi connectivity index (χ1) is 6.13. The van der Waals surface area contributed by atoms with Gasteiger partial charge in [-0.3, -0.25) is 4.79 Å². The van der Waals surface area contributed by atoms with Crippen molar-refractivity contribution < 1.29 is 9.53 Å². The first-order valence-corrected chi connectivity index (χ1v) is 4.71. The number of methoxy groups -OCH3 is 1. The van der Waals surface area contributed by atoms with Gasteiger partial charge < -0.3 is 9.64 Å². The van der Waals surface area contributed by atoms with Crippen LogP contribution in [0.5, 0.6) is 0 Å². The third kappa shape index (κ3) is 4.95. The van der Waals surface area contributed by atoms with Gasteiger partial charge in [0.25, 0.3) is 0 Å². The molecule has 0 aromatic carbocycles. The highest BCUT2D eigenvalue weighted by Crippen LogP contribution is 2.00. The first kappa shape index (κ1) is 12.5. The van der Waals surface area contributed by atoms with E-state index in [0.29, 0.717) is 19.7 Å². The van der Waals surface area contributed by atoms with Crippen LogP contribution in [-0.4, -0.2) is 42.9 Å². The molecule has 76 valence electrons. The average molecular weight is 203 g/mol. The minimum atomic E-state index is -0.267. The third-order valence-electron chi connectivity index (χ3n) is 1.58. The average Bonchev–Trinajstić information content (AvgIpc) is 2.11. The maximum absolute atomic E-state index is 11.5. The largest absolute Gasteiger partial charge is 0.383 e. The van der Waals surface area contributed by atoms with Gasteiger partial charge >= 0.3 is 0 Å². The second kappa shape index (κ2) is 6.97. The molecule has 0 aromatic rings. The van der Waals surface area contributed by atoms with Crippen LogP contribution in [0.4, 0.5) is 0 Å². The fourth-order valence-electron chi connectivity index (χ4n) is 0.913. The van der Waals surface area contributed by atoms with Crippen LogP contribution in [-0.2, 0) is 9.53 Å². The van der Waals surface area contributed by atoms with Gasteiger partial charge in [0.15, 0.2) is 0 Å². The van der Waals surface area contributed by atoms with Crippen LogP contribution in [0, 0.1) is 0 Å². The zero-order chi connectivity index (χ0) is 10.3. The fraction of sp³-hybridized carbons (Fsp3) is 0.667. The number of thiol groups is 1. The summed E-state index contributed by atoms with van der Waals surface area (Å²) in [6.07, 6.45) is 1.70.